The monoisotopic (exact) mass is 257 g/mol. The predicted octanol–water partition coefficient (Wildman–Crippen LogP) is 2.57. The lowest BCUT2D eigenvalue weighted by atomic mass is 10.1. The quantitative estimate of drug-likeness (QED) is 0.894. The molecule has 0 bridgehead atoms. The summed E-state index contributed by atoms with van der Waals surface area (Å²) in [6.07, 6.45) is 3.70. The van der Waals surface area contributed by atoms with Crippen molar-refractivity contribution in [2.45, 2.75) is 20.4 Å². The van der Waals surface area contributed by atoms with Crippen molar-refractivity contribution in [3.8, 4) is 17.1 Å². The maximum atomic E-state index is 5.38. The topological polar surface area (TPSA) is 47.0 Å². The van der Waals surface area contributed by atoms with Crippen LogP contribution in [0.4, 0.5) is 0 Å². The van der Waals surface area contributed by atoms with Gasteiger partial charge in [0.1, 0.15) is 5.75 Å². The lowest BCUT2D eigenvalue weighted by molar-refractivity contribution is 0.416. The molecule has 19 heavy (non-hydrogen) atoms. The number of nitrogens with zero attached hydrogens (tertiary/aromatic N) is 2. The Morgan fingerprint density at radius 1 is 1.21 bits per heavy atom. The van der Waals surface area contributed by atoms with E-state index in [1.165, 1.54) is 0 Å². The van der Waals surface area contributed by atoms with Crippen molar-refractivity contribution in [3.63, 3.8) is 0 Å². The van der Waals surface area contributed by atoms with Gasteiger partial charge in [0.2, 0.25) is 0 Å². The summed E-state index contributed by atoms with van der Waals surface area (Å²) in [4.78, 5) is 8.82. The summed E-state index contributed by atoms with van der Waals surface area (Å²) >= 11 is 0. The van der Waals surface area contributed by atoms with E-state index in [2.05, 4.69) is 22.2 Å². The van der Waals surface area contributed by atoms with Gasteiger partial charge in [0.15, 0.2) is 5.82 Å². The Balaban J connectivity index is 2.26. The van der Waals surface area contributed by atoms with Gasteiger partial charge in [-0.3, -0.25) is 0 Å². The molecule has 4 nitrogen and oxygen atoms in total. The minimum Gasteiger partial charge on any atom is -0.496 e. The molecule has 0 unspecified atom stereocenters. The average Bonchev–Trinajstić information content (AvgIpc) is 2.45. The first kappa shape index (κ1) is 13.5. The van der Waals surface area contributed by atoms with Crippen molar-refractivity contribution in [2.75, 3.05) is 13.7 Å². The molecule has 1 N–H and O–H groups in total. The van der Waals surface area contributed by atoms with Crippen molar-refractivity contribution in [1.82, 2.24) is 15.3 Å². The average molecular weight is 257 g/mol. The Morgan fingerprint density at radius 3 is 2.58 bits per heavy atom. The largest absolute Gasteiger partial charge is 0.496 e. The van der Waals surface area contributed by atoms with E-state index >= 15 is 0 Å². The van der Waals surface area contributed by atoms with Gasteiger partial charge < -0.3 is 10.1 Å². The third kappa shape index (κ3) is 3.29. The third-order valence-electron chi connectivity index (χ3n) is 2.88. The molecule has 0 aliphatic heterocycles. The molecule has 0 saturated carbocycles. The molecule has 0 spiro atoms. The fraction of sp³-hybridized carbons (Fsp3) is 0.333. The van der Waals surface area contributed by atoms with Crippen LogP contribution in [0.2, 0.25) is 0 Å². The number of rotatable bonds is 5. The second kappa shape index (κ2) is 6.29. The third-order valence-corrected chi connectivity index (χ3v) is 2.88. The number of aryl methyl sites for hydroxylation is 1. The number of aromatic nitrogens is 2. The Hall–Kier alpha value is -1.94. The normalized spacial score (nSPS) is 10.5. The standard InChI is InChI=1S/C15H19N3O/c1-4-16-8-12-9-17-15(18-10-12)13-6-5-11(2)7-14(13)19-3/h5-7,9-10,16H,4,8H2,1-3H3. The van der Waals surface area contributed by atoms with Gasteiger partial charge in [-0.25, -0.2) is 9.97 Å². The number of methoxy groups -OCH3 is 1. The van der Waals surface area contributed by atoms with Gasteiger partial charge in [-0.15, -0.1) is 0 Å². The van der Waals surface area contributed by atoms with Crippen molar-refractivity contribution >= 4 is 0 Å². The molecule has 1 aromatic carbocycles. The first-order valence-corrected chi connectivity index (χ1v) is 6.41. The van der Waals surface area contributed by atoms with E-state index in [1.807, 2.05) is 37.5 Å². The lowest BCUT2D eigenvalue weighted by Crippen LogP contribution is -2.12. The van der Waals surface area contributed by atoms with E-state index in [0.717, 1.165) is 35.5 Å². The van der Waals surface area contributed by atoms with E-state index in [9.17, 15) is 0 Å². The zero-order valence-corrected chi connectivity index (χ0v) is 11.6. The van der Waals surface area contributed by atoms with Crippen molar-refractivity contribution in [2.24, 2.45) is 0 Å². The highest BCUT2D eigenvalue weighted by Crippen LogP contribution is 2.27. The van der Waals surface area contributed by atoms with Crippen LogP contribution in [0.15, 0.2) is 30.6 Å². The summed E-state index contributed by atoms with van der Waals surface area (Å²) in [7, 11) is 1.66. The van der Waals surface area contributed by atoms with E-state index < -0.39 is 0 Å². The van der Waals surface area contributed by atoms with E-state index in [-0.39, 0.29) is 0 Å². The highest BCUT2D eigenvalue weighted by Gasteiger charge is 2.08. The van der Waals surface area contributed by atoms with Gasteiger partial charge in [0.25, 0.3) is 0 Å². The van der Waals surface area contributed by atoms with Crippen LogP contribution >= 0.6 is 0 Å². The maximum absolute atomic E-state index is 5.38. The molecule has 2 rings (SSSR count). The zero-order valence-electron chi connectivity index (χ0n) is 11.6. The minimum absolute atomic E-state index is 0.692. The van der Waals surface area contributed by atoms with E-state index in [1.54, 1.807) is 7.11 Å². The predicted molar refractivity (Wildman–Crippen MR) is 76.1 cm³/mol. The fourth-order valence-electron chi connectivity index (χ4n) is 1.84. The van der Waals surface area contributed by atoms with Crippen LogP contribution in [-0.2, 0) is 6.54 Å². The molecule has 0 saturated heterocycles. The molecule has 0 atom stereocenters. The fourth-order valence-corrected chi connectivity index (χ4v) is 1.84. The van der Waals surface area contributed by atoms with Gasteiger partial charge in [0, 0.05) is 24.5 Å². The molecule has 4 heteroatoms. The Kier molecular flexibility index (Phi) is 4.47. The second-order valence-electron chi connectivity index (χ2n) is 4.40. The van der Waals surface area contributed by atoms with Crippen molar-refractivity contribution in [3.05, 3.63) is 41.7 Å². The molecule has 0 aliphatic carbocycles. The van der Waals surface area contributed by atoms with Crippen LogP contribution in [0.5, 0.6) is 5.75 Å². The number of ether oxygens (including phenoxy) is 1. The summed E-state index contributed by atoms with van der Waals surface area (Å²) in [5, 5.41) is 3.25. The summed E-state index contributed by atoms with van der Waals surface area (Å²) in [6, 6.07) is 6.02. The van der Waals surface area contributed by atoms with Crippen LogP contribution in [0.3, 0.4) is 0 Å². The van der Waals surface area contributed by atoms with Gasteiger partial charge in [-0.2, -0.15) is 0 Å². The molecular formula is C15H19N3O. The molecule has 1 heterocycles. The molecule has 1 aromatic heterocycles. The van der Waals surface area contributed by atoms with Crippen molar-refractivity contribution < 1.29 is 4.74 Å². The number of nitrogens with one attached hydrogen (secondary N) is 1. The first-order valence-electron chi connectivity index (χ1n) is 6.41. The lowest BCUT2D eigenvalue weighted by Gasteiger charge is -2.08. The molecule has 0 fully saturated rings. The Bertz CT molecular complexity index is 538. The van der Waals surface area contributed by atoms with Crippen LogP contribution in [0, 0.1) is 6.92 Å². The smallest absolute Gasteiger partial charge is 0.162 e. The van der Waals surface area contributed by atoms with Crippen LogP contribution in [-0.4, -0.2) is 23.6 Å². The van der Waals surface area contributed by atoms with Gasteiger partial charge in [-0.1, -0.05) is 13.0 Å². The van der Waals surface area contributed by atoms with E-state index in [4.69, 9.17) is 4.74 Å². The molecule has 0 aliphatic rings. The number of hydrogen-bond donors (Lipinski definition) is 1. The van der Waals surface area contributed by atoms with Crippen LogP contribution in [0.1, 0.15) is 18.1 Å². The van der Waals surface area contributed by atoms with Crippen LogP contribution in [0.25, 0.3) is 11.4 Å². The molecule has 0 amide bonds. The molecule has 100 valence electrons. The van der Waals surface area contributed by atoms with Gasteiger partial charge >= 0.3 is 0 Å². The summed E-state index contributed by atoms with van der Waals surface area (Å²) in [5.74, 6) is 1.50. The summed E-state index contributed by atoms with van der Waals surface area (Å²) < 4.78 is 5.38. The zero-order chi connectivity index (χ0) is 13.7. The SMILES string of the molecule is CCNCc1cnc(-c2ccc(C)cc2OC)nc1. The van der Waals surface area contributed by atoms with Crippen LogP contribution < -0.4 is 10.1 Å². The summed E-state index contributed by atoms with van der Waals surface area (Å²) in [5.41, 5.74) is 3.16. The molecule has 2 aromatic rings. The van der Waals surface area contributed by atoms with Gasteiger partial charge in [-0.05, 0) is 31.2 Å². The Morgan fingerprint density at radius 2 is 1.95 bits per heavy atom. The summed E-state index contributed by atoms with van der Waals surface area (Å²) in [6.45, 7) is 5.84. The first-order chi connectivity index (χ1) is 9.24. The second-order valence-corrected chi connectivity index (χ2v) is 4.40. The highest BCUT2D eigenvalue weighted by molar-refractivity contribution is 5.64. The molecule has 0 radical (unpaired) electrons. The maximum Gasteiger partial charge on any atom is 0.162 e. The van der Waals surface area contributed by atoms with E-state index in [0.29, 0.717) is 5.82 Å². The van der Waals surface area contributed by atoms with Gasteiger partial charge in [0.05, 0.1) is 12.7 Å². The number of hydrogen-bond acceptors (Lipinski definition) is 4. The molecular weight excluding hydrogens is 238 g/mol. The minimum atomic E-state index is 0.692. The Labute approximate surface area is 113 Å². The highest BCUT2D eigenvalue weighted by atomic mass is 16.5. The number of benzene rings is 1. The van der Waals surface area contributed by atoms with Crippen molar-refractivity contribution in [1.29, 1.82) is 0 Å².